The van der Waals surface area contributed by atoms with Gasteiger partial charge in [0, 0.05) is 6.26 Å². The third-order valence-electron chi connectivity index (χ3n) is 2.04. The average Bonchev–Trinajstić information content (AvgIpc) is 2.29. The molecule has 1 unspecified atom stereocenters. The van der Waals surface area contributed by atoms with Gasteiger partial charge in [-0.1, -0.05) is 0 Å². The Balaban J connectivity index is 4.31. The van der Waals surface area contributed by atoms with E-state index in [0.29, 0.717) is 0 Å². The number of rotatable bonds is 8. The van der Waals surface area contributed by atoms with Gasteiger partial charge in [0.25, 0.3) is 0 Å². The maximum Gasteiger partial charge on any atom is 0.326 e. The highest BCUT2D eigenvalue weighted by Gasteiger charge is 2.21. The highest BCUT2D eigenvalue weighted by molar-refractivity contribution is 7.90. The van der Waals surface area contributed by atoms with E-state index in [1.807, 2.05) is 0 Å². The van der Waals surface area contributed by atoms with Crippen LogP contribution in [0.25, 0.3) is 0 Å². The number of hydrogen-bond donors (Lipinski definition) is 4. The summed E-state index contributed by atoms with van der Waals surface area (Å²) in [6.07, 6.45) is 0.722. The Hall–Kier alpha value is -1.68. The van der Waals surface area contributed by atoms with Crippen LogP contribution in [0.3, 0.4) is 0 Å². The van der Waals surface area contributed by atoms with Crippen molar-refractivity contribution in [1.29, 1.82) is 0 Å². The standard InChI is InChI=1S/C9H17N3O6S/c1-19(17,18)3-2-6(9(15)16)12-8(14)5-11-7(13)4-10/h6H,2-5,10H2,1H3,(H,11,13)(H,12,14)(H,15,16). The molecule has 0 rings (SSSR count). The summed E-state index contributed by atoms with van der Waals surface area (Å²) in [5, 5.41) is 13.1. The summed E-state index contributed by atoms with van der Waals surface area (Å²) in [5.74, 6) is -3.00. The van der Waals surface area contributed by atoms with E-state index < -0.39 is 40.2 Å². The summed E-state index contributed by atoms with van der Waals surface area (Å²) in [6, 6.07) is -1.32. The van der Waals surface area contributed by atoms with Gasteiger partial charge in [-0.2, -0.15) is 0 Å². The Labute approximate surface area is 110 Å². The Morgan fingerprint density at radius 3 is 2.26 bits per heavy atom. The normalized spacial score (nSPS) is 12.5. The van der Waals surface area contributed by atoms with Crippen LogP contribution in [0.15, 0.2) is 0 Å². The zero-order valence-corrected chi connectivity index (χ0v) is 11.2. The molecule has 0 saturated carbocycles. The van der Waals surface area contributed by atoms with Crippen LogP contribution < -0.4 is 16.4 Å². The average molecular weight is 295 g/mol. The van der Waals surface area contributed by atoms with E-state index in [-0.39, 0.29) is 18.7 Å². The molecule has 2 amide bonds. The van der Waals surface area contributed by atoms with Crippen molar-refractivity contribution < 1.29 is 27.9 Å². The molecule has 5 N–H and O–H groups in total. The molecule has 10 heteroatoms. The van der Waals surface area contributed by atoms with Crippen molar-refractivity contribution in [3.8, 4) is 0 Å². The SMILES string of the molecule is CS(=O)(=O)CCC(NC(=O)CNC(=O)CN)C(=O)O. The molecule has 1 atom stereocenters. The Bertz CT molecular complexity index is 447. The number of carboxylic acids is 1. The third kappa shape index (κ3) is 8.97. The minimum Gasteiger partial charge on any atom is -0.480 e. The van der Waals surface area contributed by atoms with Gasteiger partial charge in [0.1, 0.15) is 15.9 Å². The third-order valence-corrected chi connectivity index (χ3v) is 3.02. The quantitative estimate of drug-likeness (QED) is 0.373. The van der Waals surface area contributed by atoms with Crippen LogP contribution in [0.2, 0.25) is 0 Å². The highest BCUT2D eigenvalue weighted by atomic mass is 32.2. The lowest BCUT2D eigenvalue weighted by Gasteiger charge is -2.14. The van der Waals surface area contributed by atoms with Crippen LogP contribution in [-0.2, 0) is 24.2 Å². The van der Waals surface area contributed by atoms with Gasteiger partial charge in [0.15, 0.2) is 0 Å². The number of carbonyl (C=O) groups is 3. The second-order valence-corrected chi connectivity index (χ2v) is 6.12. The summed E-state index contributed by atoms with van der Waals surface area (Å²) in [6.45, 7) is -0.706. The minimum atomic E-state index is -3.32. The fraction of sp³-hybridized carbons (Fsp3) is 0.667. The molecule has 9 nitrogen and oxygen atoms in total. The predicted molar refractivity (Wildman–Crippen MR) is 66.0 cm³/mol. The first-order chi connectivity index (χ1) is 8.65. The molecule has 0 radical (unpaired) electrons. The van der Waals surface area contributed by atoms with Gasteiger partial charge in [-0.25, -0.2) is 13.2 Å². The second kappa shape index (κ2) is 7.69. The largest absolute Gasteiger partial charge is 0.480 e. The maximum atomic E-state index is 11.3. The number of carboxylic acid groups (broad SMARTS) is 1. The molecule has 0 aromatic heterocycles. The highest BCUT2D eigenvalue weighted by Crippen LogP contribution is 1.97. The number of nitrogens with one attached hydrogen (secondary N) is 2. The number of carbonyl (C=O) groups excluding carboxylic acids is 2. The number of amides is 2. The van der Waals surface area contributed by atoms with E-state index in [4.69, 9.17) is 10.8 Å². The molecule has 0 saturated heterocycles. The van der Waals surface area contributed by atoms with Crippen molar-refractivity contribution in [3.63, 3.8) is 0 Å². The molecule has 0 aliphatic carbocycles. The lowest BCUT2D eigenvalue weighted by Crippen LogP contribution is -2.46. The topological polar surface area (TPSA) is 156 Å². The maximum absolute atomic E-state index is 11.3. The van der Waals surface area contributed by atoms with Crippen molar-refractivity contribution in [2.75, 3.05) is 25.1 Å². The molecule has 0 aliphatic heterocycles. The van der Waals surface area contributed by atoms with E-state index in [2.05, 4.69) is 10.6 Å². The Morgan fingerprint density at radius 1 is 1.26 bits per heavy atom. The van der Waals surface area contributed by atoms with Crippen LogP contribution in [-0.4, -0.2) is 62.4 Å². The molecule has 0 aromatic rings. The fourth-order valence-corrected chi connectivity index (χ4v) is 1.75. The van der Waals surface area contributed by atoms with Crippen molar-refractivity contribution >= 4 is 27.6 Å². The zero-order valence-electron chi connectivity index (χ0n) is 10.4. The summed E-state index contributed by atoms with van der Waals surface area (Å²) in [5.41, 5.74) is 5.00. The molecule has 0 heterocycles. The van der Waals surface area contributed by atoms with Crippen molar-refractivity contribution in [1.82, 2.24) is 10.6 Å². The number of aliphatic carboxylic acids is 1. The van der Waals surface area contributed by atoms with E-state index in [1.165, 1.54) is 0 Å². The summed E-state index contributed by atoms with van der Waals surface area (Å²) in [4.78, 5) is 32.9. The zero-order chi connectivity index (χ0) is 15.1. The Kier molecular flexibility index (Phi) is 7.01. The molecule has 19 heavy (non-hydrogen) atoms. The summed E-state index contributed by atoms with van der Waals surface area (Å²) >= 11 is 0. The van der Waals surface area contributed by atoms with E-state index >= 15 is 0 Å². The first-order valence-electron chi connectivity index (χ1n) is 5.32. The van der Waals surface area contributed by atoms with Crippen LogP contribution in [0.1, 0.15) is 6.42 Å². The number of nitrogens with two attached hydrogens (primary N) is 1. The lowest BCUT2D eigenvalue weighted by molar-refractivity contribution is -0.141. The van der Waals surface area contributed by atoms with Gasteiger partial charge in [-0.15, -0.1) is 0 Å². The van der Waals surface area contributed by atoms with Crippen LogP contribution in [0, 0.1) is 0 Å². The van der Waals surface area contributed by atoms with Gasteiger partial charge in [-0.3, -0.25) is 9.59 Å². The van der Waals surface area contributed by atoms with E-state index in [0.717, 1.165) is 6.26 Å². The van der Waals surface area contributed by atoms with Crippen molar-refractivity contribution in [2.24, 2.45) is 5.73 Å². The van der Waals surface area contributed by atoms with E-state index in [1.54, 1.807) is 0 Å². The smallest absolute Gasteiger partial charge is 0.326 e. The minimum absolute atomic E-state index is 0.245. The Morgan fingerprint density at radius 2 is 1.84 bits per heavy atom. The monoisotopic (exact) mass is 295 g/mol. The second-order valence-electron chi connectivity index (χ2n) is 3.86. The molecule has 0 aliphatic rings. The number of hydrogen-bond acceptors (Lipinski definition) is 6. The van der Waals surface area contributed by atoms with Crippen molar-refractivity contribution in [3.05, 3.63) is 0 Å². The summed E-state index contributed by atoms with van der Waals surface area (Å²) in [7, 11) is -3.32. The molecule has 0 spiro atoms. The van der Waals surface area contributed by atoms with Crippen LogP contribution in [0.5, 0.6) is 0 Å². The molecular formula is C9H17N3O6S. The molecular weight excluding hydrogens is 278 g/mol. The van der Waals surface area contributed by atoms with Gasteiger partial charge in [0.05, 0.1) is 18.8 Å². The van der Waals surface area contributed by atoms with Crippen LogP contribution in [0.4, 0.5) is 0 Å². The molecule has 110 valence electrons. The van der Waals surface area contributed by atoms with Gasteiger partial charge < -0.3 is 21.5 Å². The first-order valence-corrected chi connectivity index (χ1v) is 7.38. The van der Waals surface area contributed by atoms with Gasteiger partial charge >= 0.3 is 5.97 Å². The lowest BCUT2D eigenvalue weighted by atomic mass is 10.2. The van der Waals surface area contributed by atoms with Gasteiger partial charge in [-0.05, 0) is 6.42 Å². The van der Waals surface area contributed by atoms with Crippen molar-refractivity contribution in [2.45, 2.75) is 12.5 Å². The summed E-state index contributed by atoms with van der Waals surface area (Å²) < 4.78 is 21.8. The molecule has 0 aromatic carbocycles. The predicted octanol–water partition coefficient (Wildman–Crippen LogP) is -2.93. The van der Waals surface area contributed by atoms with Crippen LogP contribution >= 0.6 is 0 Å². The molecule has 0 bridgehead atoms. The van der Waals surface area contributed by atoms with E-state index in [9.17, 15) is 22.8 Å². The first kappa shape index (κ1) is 17.3. The molecule has 0 fully saturated rings. The van der Waals surface area contributed by atoms with Gasteiger partial charge in [0.2, 0.25) is 11.8 Å². The fourth-order valence-electron chi connectivity index (χ4n) is 1.09. The number of sulfone groups is 1.